The van der Waals surface area contributed by atoms with Gasteiger partial charge in [0, 0.05) is 31.4 Å². The van der Waals surface area contributed by atoms with Crippen LogP contribution in [-0.4, -0.2) is 55.5 Å². The van der Waals surface area contributed by atoms with Crippen LogP contribution in [0.5, 0.6) is 0 Å². The Morgan fingerprint density at radius 1 is 1.21 bits per heavy atom. The van der Waals surface area contributed by atoms with Crippen molar-refractivity contribution in [3.8, 4) is 5.69 Å². The van der Waals surface area contributed by atoms with E-state index in [1.807, 2.05) is 57.7 Å². The highest BCUT2D eigenvalue weighted by molar-refractivity contribution is 5.98. The average molecular weight is 379 g/mol. The second-order valence-corrected chi connectivity index (χ2v) is 7.58. The lowest BCUT2D eigenvalue weighted by Crippen LogP contribution is -2.44. The Balaban J connectivity index is 1.39. The van der Waals surface area contributed by atoms with Crippen LogP contribution in [0.25, 0.3) is 5.69 Å². The number of nitrogens with one attached hydrogen (secondary N) is 1. The van der Waals surface area contributed by atoms with Crippen molar-refractivity contribution < 1.29 is 4.79 Å². The first kappa shape index (κ1) is 18.4. The molecule has 0 spiro atoms. The molecule has 1 aromatic carbocycles. The summed E-state index contributed by atoms with van der Waals surface area (Å²) in [5.74, 6) is 2.22. The molecular formula is C20H25N7O. The van der Waals surface area contributed by atoms with Gasteiger partial charge < -0.3 is 14.8 Å². The van der Waals surface area contributed by atoms with Crippen LogP contribution < -0.4 is 5.32 Å². The number of nitrogens with zero attached hydrogens (tertiary/aromatic N) is 6. The second kappa shape index (κ2) is 7.55. The minimum Gasteiger partial charge on any atom is -0.349 e. The number of para-hydroxylation sites is 1. The van der Waals surface area contributed by atoms with E-state index >= 15 is 0 Å². The molecule has 8 nitrogen and oxygen atoms in total. The van der Waals surface area contributed by atoms with Crippen LogP contribution in [0.4, 0.5) is 0 Å². The number of hydrogen-bond acceptors (Lipinski definition) is 5. The Bertz CT molecular complexity index is 955. The summed E-state index contributed by atoms with van der Waals surface area (Å²) >= 11 is 0. The van der Waals surface area contributed by atoms with Gasteiger partial charge in [0.1, 0.15) is 11.6 Å². The molecule has 0 radical (unpaired) electrons. The van der Waals surface area contributed by atoms with Crippen molar-refractivity contribution >= 4 is 5.91 Å². The first-order valence-corrected chi connectivity index (χ1v) is 9.45. The molecule has 0 bridgehead atoms. The number of carbonyl (C=O) groups is 1. The van der Waals surface area contributed by atoms with E-state index in [0.29, 0.717) is 11.5 Å². The van der Waals surface area contributed by atoms with E-state index in [2.05, 4.69) is 30.1 Å². The summed E-state index contributed by atoms with van der Waals surface area (Å²) in [7, 11) is 6.05. The van der Waals surface area contributed by atoms with Gasteiger partial charge in [0.25, 0.3) is 5.91 Å². The van der Waals surface area contributed by atoms with Gasteiger partial charge in [-0.05, 0) is 45.1 Å². The number of amides is 1. The molecule has 0 aliphatic heterocycles. The zero-order chi connectivity index (χ0) is 19.7. The smallest absolute Gasteiger partial charge is 0.253 e. The molecule has 0 unspecified atom stereocenters. The lowest BCUT2D eigenvalue weighted by molar-refractivity contribution is 0.0906. The molecule has 3 aromatic rings. The van der Waals surface area contributed by atoms with Crippen LogP contribution in [0.3, 0.4) is 0 Å². The van der Waals surface area contributed by atoms with Crippen LogP contribution in [0.15, 0.2) is 42.7 Å². The second-order valence-electron chi connectivity index (χ2n) is 7.58. The Labute approximate surface area is 164 Å². The summed E-state index contributed by atoms with van der Waals surface area (Å²) in [6, 6.07) is 9.51. The van der Waals surface area contributed by atoms with Gasteiger partial charge in [0.05, 0.1) is 17.8 Å². The molecule has 8 heteroatoms. The number of hydrogen-bond donors (Lipinski definition) is 1. The van der Waals surface area contributed by atoms with E-state index in [1.54, 1.807) is 10.9 Å². The molecule has 4 rings (SSSR count). The van der Waals surface area contributed by atoms with Crippen molar-refractivity contribution in [1.82, 2.24) is 34.8 Å². The standard InChI is InChI=1S/C20H25N7O/c1-25(2)13-18-23-24-19(26(18)3)14-11-15(12-14)22-20(28)16-7-4-5-8-17(16)27-10-6-9-21-27/h4-10,14-15H,11-13H2,1-3H3,(H,22,28). The lowest BCUT2D eigenvalue weighted by atomic mass is 9.79. The van der Waals surface area contributed by atoms with E-state index in [9.17, 15) is 4.79 Å². The van der Waals surface area contributed by atoms with E-state index < -0.39 is 0 Å². The van der Waals surface area contributed by atoms with Gasteiger partial charge in [-0.25, -0.2) is 4.68 Å². The summed E-state index contributed by atoms with van der Waals surface area (Å²) in [6.45, 7) is 0.764. The van der Waals surface area contributed by atoms with Gasteiger partial charge >= 0.3 is 0 Å². The van der Waals surface area contributed by atoms with Crippen molar-refractivity contribution in [2.24, 2.45) is 7.05 Å². The van der Waals surface area contributed by atoms with E-state index in [-0.39, 0.29) is 11.9 Å². The van der Waals surface area contributed by atoms with E-state index in [4.69, 9.17) is 0 Å². The summed E-state index contributed by atoms with van der Waals surface area (Å²) in [5, 5.41) is 16.1. The Morgan fingerprint density at radius 2 is 2.00 bits per heavy atom. The van der Waals surface area contributed by atoms with Crippen molar-refractivity contribution in [2.45, 2.75) is 31.3 Å². The quantitative estimate of drug-likeness (QED) is 0.706. The number of benzene rings is 1. The van der Waals surface area contributed by atoms with Crippen LogP contribution in [0.1, 0.15) is 40.8 Å². The monoisotopic (exact) mass is 379 g/mol. The summed E-state index contributed by atoms with van der Waals surface area (Å²) < 4.78 is 3.79. The van der Waals surface area contributed by atoms with Crippen molar-refractivity contribution in [3.05, 3.63) is 59.9 Å². The van der Waals surface area contributed by atoms with Gasteiger partial charge in [-0.3, -0.25) is 4.79 Å². The molecule has 1 amide bonds. The molecule has 1 saturated carbocycles. The van der Waals surface area contributed by atoms with Crippen LogP contribution in [0, 0.1) is 0 Å². The van der Waals surface area contributed by atoms with Crippen LogP contribution in [-0.2, 0) is 13.6 Å². The molecule has 2 heterocycles. The molecule has 1 aliphatic rings. The number of carbonyl (C=O) groups excluding carboxylic acids is 1. The van der Waals surface area contributed by atoms with Crippen molar-refractivity contribution in [2.75, 3.05) is 14.1 Å². The molecule has 0 saturated heterocycles. The van der Waals surface area contributed by atoms with Crippen LogP contribution >= 0.6 is 0 Å². The molecule has 28 heavy (non-hydrogen) atoms. The fourth-order valence-electron chi connectivity index (χ4n) is 3.64. The van der Waals surface area contributed by atoms with Crippen molar-refractivity contribution in [3.63, 3.8) is 0 Å². The van der Waals surface area contributed by atoms with Crippen molar-refractivity contribution in [1.29, 1.82) is 0 Å². The number of rotatable bonds is 6. The van der Waals surface area contributed by atoms with Gasteiger partial charge in [0.2, 0.25) is 0 Å². The largest absolute Gasteiger partial charge is 0.349 e. The van der Waals surface area contributed by atoms with Gasteiger partial charge in [-0.15, -0.1) is 10.2 Å². The summed E-state index contributed by atoms with van der Waals surface area (Å²) in [4.78, 5) is 14.9. The zero-order valence-corrected chi connectivity index (χ0v) is 16.4. The molecule has 0 atom stereocenters. The van der Waals surface area contributed by atoms with Crippen LogP contribution in [0.2, 0.25) is 0 Å². The molecule has 1 aliphatic carbocycles. The maximum atomic E-state index is 12.8. The van der Waals surface area contributed by atoms with E-state index in [1.165, 1.54) is 0 Å². The lowest BCUT2D eigenvalue weighted by Gasteiger charge is -2.35. The Morgan fingerprint density at radius 3 is 2.71 bits per heavy atom. The molecule has 1 fully saturated rings. The zero-order valence-electron chi connectivity index (χ0n) is 16.4. The van der Waals surface area contributed by atoms with Gasteiger partial charge in [-0.1, -0.05) is 12.1 Å². The minimum atomic E-state index is -0.0687. The molecular weight excluding hydrogens is 354 g/mol. The SMILES string of the molecule is CN(C)Cc1nnc(C2CC(NC(=O)c3ccccc3-n3cccn3)C2)n1C. The topological polar surface area (TPSA) is 80.9 Å². The van der Waals surface area contributed by atoms with E-state index in [0.717, 1.165) is 36.7 Å². The molecule has 2 aromatic heterocycles. The van der Waals surface area contributed by atoms with Gasteiger partial charge in [0.15, 0.2) is 0 Å². The highest BCUT2D eigenvalue weighted by atomic mass is 16.1. The predicted molar refractivity (Wildman–Crippen MR) is 105 cm³/mol. The Hall–Kier alpha value is -3.00. The first-order valence-electron chi connectivity index (χ1n) is 9.45. The summed E-state index contributed by atoms with van der Waals surface area (Å²) in [5.41, 5.74) is 1.41. The minimum absolute atomic E-state index is 0.0687. The summed E-state index contributed by atoms with van der Waals surface area (Å²) in [6.07, 6.45) is 5.30. The fourth-order valence-corrected chi connectivity index (χ4v) is 3.64. The number of aromatic nitrogens is 5. The first-order chi connectivity index (χ1) is 13.5. The highest BCUT2D eigenvalue weighted by Gasteiger charge is 2.35. The third kappa shape index (κ3) is 3.55. The molecule has 1 N–H and O–H groups in total. The fraction of sp³-hybridized carbons (Fsp3) is 0.400. The van der Waals surface area contributed by atoms with Gasteiger partial charge in [-0.2, -0.15) is 5.10 Å². The third-order valence-electron chi connectivity index (χ3n) is 5.19. The maximum absolute atomic E-state index is 12.8. The molecule has 146 valence electrons. The Kier molecular flexibility index (Phi) is 4.95. The highest BCUT2D eigenvalue weighted by Crippen LogP contribution is 2.36. The normalized spacial score (nSPS) is 18.9. The average Bonchev–Trinajstić information content (AvgIpc) is 3.29. The predicted octanol–water partition coefficient (Wildman–Crippen LogP) is 1.74. The maximum Gasteiger partial charge on any atom is 0.253 e. The third-order valence-corrected chi connectivity index (χ3v) is 5.19.